The van der Waals surface area contributed by atoms with Gasteiger partial charge in [-0.25, -0.2) is 5.48 Å². The van der Waals surface area contributed by atoms with Gasteiger partial charge in [-0.3, -0.25) is 9.63 Å². The number of amides is 1. The van der Waals surface area contributed by atoms with E-state index >= 15 is 0 Å². The first-order chi connectivity index (χ1) is 9.28. The van der Waals surface area contributed by atoms with Gasteiger partial charge in [-0.1, -0.05) is 6.07 Å². The van der Waals surface area contributed by atoms with Crippen LogP contribution >= 0.6 is 11.8 Å². The van der Waals surface area contributed by atoms with Gasteiger partial charge in [0.15, 0.2) is 6.61 Å². The van der Waals surface area contributed by atoms with Gasteiger partial charge in [-0.2, -0.15) is 13.2 Å². The second-order valence-corrected chi connectivity index (χ2v) is 5.44. The molecule has 0 spiro atoms. The van der Waals surface area contributed by atoms with Crippen LogP contribution in [0.3, 0.4) is 0 Å². The molecule has 1 amide bonds. The van der Waals surface area contributed by atoms with Crippen molar-refractivity contribution in [3.05, 3.63) is 29.3 Å². The van der Waals surface area contributed by atoms with Crippen LogP contribution in [0.1, 0.15) is 17.5 Å². The van der Waals surface area contributed by atoms with E-state index in [1.165, 1.54) is 17.3 Å². The highest BCUT2D eigenvalue weighted by Crippen LogP contribution is 2.21. The van der Waals surface area contributed by atoms with Crippen LogP contribution in [0.15, 0.2) is 23.1 Å². The van der Waals surface area contributed by atoms with Gasteiger partial charge in [0, 0.05) is 17.1 Å². The molecule has 1 aromatic rings. The second-order valence-electron chi connectivity index (χ2n) is 4.27. The summed E-state index contributed by atoms with van der Waals surface area (Å²) in [4.78, 5) is 16.3. The van der Waals surface area contributed by atoms with Crippen molar-refractivity contribution in [1.82, 2.24) is 5.48 Å². The number of benzene rings is 1. The summed E-state index contributed by atoms with van der Waals surface area (Å²) >= 11 is 1.47. The van der Waals surface area contributed by atoms with Crippen LogP contribution in [-0.2, 0) is 9.63 Å². The van der Waals surface area contributed by atoms with Gasteiger partial charge in [-0.15, -0.1) is 11.8 Å². The van der Waals surface area contributed by atoms with Crippen molar-refractivity contribution in [2.75, 3.05) is 12.4 Å². The third kappa shape index (κ3) is 6.81. The van der Waals surface area contributed by atoms with Gasteiger partial charge < -0.3 is 0 Å². The van der Waals surface area contributed by atoms with E-state index < -0.39 is 18.7 Å². The molecule has 0 bridgehead atoms. The van der Waals surface area contributed by atoms with Gasteiger partial charge in [-0.05, 0) is 37.1 Å². The third-order valence-electron chi connectivity index (χ3n) is 2.50. The molecule has 0 aliphatic carbocycles. The Bertz CT molecular complexity index is 463. The van der Waals surface area contributed by atoms with Gasteiger partial charge in [0.1, 0.15) is 0 Å². The molecule has 0 saturated carbocycles. The monoisotopic (exact) mass is 307 g/mol. The lowest BCUT2D eigenvalue weighted by Gasteiger charge is -2.08. The minimum Gasteiger partial charge on any atom is -0.273 e. The fraction of sp³-hybridized carbons (Fsp3) is 0.462. The van der Waals surface area contributed by atoms with Crippen molar-refractivity contribution in [1.29, 1.82) is 0 Å². The van der Waals surface area contributed by atoms with Crippen LogP contribution in [0.5, 0.6) is 0 Å². The molecular formula is C13H16F3NO2S. The van der Waals surface area contributed by atoms with E-state index in [0.717, 1.165) is 10.5 Å². The van der Waals surface area contributed by atoms with E-state index in [4.69, 9.17) is 0 Å². The lowest BCUT2D eigenvalue weighted by Crippen LogP contribution is -2.29. The second kappa shape index (κ2) is 7.54. The molecule has 1 N–H and O–H groups in total. The van der Waals surface area contributed by atoms with Crippen molar-refractivity contribution in [2.45, 2.75) is 31.3 Å². The molecule has 3 nitrogen and oxygen atoms in total. The fourth-order valence-electron chi connectivity index (χ4n) is 1.31. The SMILES string of the molecule is Cc1ccc(SCCC(=O)NOCC(F)(F)F)cc1C. The average molecular weight is 307 g/mol. The molecule has 1 rings (SSSR count). The summed E-state index contributed by atoms with van der Waals surface area (Å²) < 4.78 is 35.3. The first kappa shape index (κ1) is 16.8. The average Bonchev–Trinajstić information content (AvgIpc) is 2.32. The van der Waals surface area contributed by atoms with E-state index in [0.29, 0.717) is 5.75 Å². The van der Waals surface area contributed by atoms with Gasteiger partial charge in [0.05, 0.1) is 0 Å². The summed E-state index contributed by atoms with van der Waals surface area (Å²) in [5, 5.41) is 0. The lowest BCUT2D eigenvalue weighted by molar-refractivity contribution is -0.191. The predicted molar refractivity (Wildman–Crippen MR) is 71.4 cm³/mol. The standard InChI is InChI=1S/C13H16F3NO2S/c1-9-3-4-11(7-10(9)2)20-6-5-12(18)17-19-8-13(14,15)16/h3-4,7H,5-6,8H2,1-2H3,(H,17,18). The minimum atomic E-state index is -4.44. The summed E-state index contributed by atoms with van der Waals surface area (Å²) in [6.45, 7) is 2.52. The normalized spacial score (nSPS) is 11.4. The smallest absolute Gasteiger partial charge is 0.273 e. The molecule has 0 heterocycles. The maximum Gasteiger partial charge on any atom is 0.414 e. The molecule has 20 heavy (non-hydrogen) atoms. The molecule has 0 aliphatic heterocycles. The van der Waals surface area contributed by atoms with Gasteiger partial charge >= 0.3 is 6.18 Å². The van der Waals surface area contributed by atoms with Crippen molar-refractivity contribution >= 4 is 17.7 Å². The Labute approximate surface area is 119 Å². The molecule has 0 atom stereocenters. The van der Waals surface area contributed by atoms with Crippen molar-refractivity contribution in [3.8, 4) is 0 Å². The number of alkyl halides is 3. The summed E-state index contributed by atoms with van der Waals surface area (Å²) in [5.74, 6) is -0.0884. The number of carbonyl (C=O) groups is 1. The van der Waals surface area contributed by atoms with Crippen LogP contribution in [0, 0.1) is 13.8 Å². The van der Waals surface area contributed by atoms with Crippen molar-refractivity contribution in [2.24, 2.45) is 0 Å². The van der Waals surface area contributed by atoms with E-state index in [9.17, 15) is 18.0 Å². The van der Waals surface area contributed by atoms with Crippen LogP contribution in [0.2, 0.25) is 0 Å². The summed E-state index contributed by atoms with van der Waals surface area (Å²) in [5.41, 5.74) is 4.12. The van der Waals surface area contributed by atoms with E-state index in [1.54, 1.807) is 5.48 Å². The Kier molecular flexibility index (Phi) is 6.35. The van der Waals surface area contributed by atoms with Crippen LogP contribution in [0.4, 0.5) is 13.2 Å². The maximum absolute atomic E-state index is 11.8. The number of hydrogen-bond acceptors (Lipinski definition) is 3. The number of nitrogens with one attached hydrogen (secondary N) is 1. The molecule has 0 unspecified atom stereocenters. The van der Waals surface area contributed by atoms with Crippen LogP contribution in [0.25, 0.3) is 0 Å². The largest absolute Gasteiger partial charge is 0.414 e. The Morgan fingerprint density at radius 2 is 2.00 bits per heavy atom. The topological polar surface area (TPSA) is 38.3 Å². The zero-order valence-electron chi connectivity index (χ0n) is 11.2. The van der Waals surface area contributed by atoms with Crippen LogP contribution in [-0.4, -0.2) is 24.4 Å². The number of halogens is 3. The molecule has 112 valence electrons. The Balaban J connectivity index is 2.23. The van der Waals surface area contributed by atoms with Crippen molar-refractivity contribution < 1.29 is 22.8 Å². The fourth-order valence-corrected chi connectivity index (χ4v) is 2.26. The molecule has 0 aliphatic rings. The first-order valence-electron chi connectivity index (χ1n) is 5.95. The molecule has 0 fully saturated rings. The summed E-state index contributed by atoms with van der Waals surface area (Å²) in [7, 11) is 0. The number of aryl methyl sites for hydroxylation is 2. The highest BCUT2D eigenvalue weighted by atomic mass is 32.2. The molecule has 0 aromatic heterocycles. The zero-order chi connectivity index (χ0) is 15.2. The third-order valence-corrected chi connectivity index (χ3v) is 3.49. The number of hydroxylamine groups is 1. The zero-order valence-corrected chi connectivity index (χ0v) is 12.0. The predicted octanol–water partition coefficient (Wildman–Crippen LogP) is 3.40. The van der Waals surface area contributed by atoms with Crippen molar-refractivity contribution in [3.63, 3.8) is 0 Å². The Morgan fingerprint density at radius 3 is 2.60 bits per heavy atom. The quantitative estimate of drug-likeness (QED) is 0.646. The number of thioether (sulfide) groups is 1. The molecule has 7 heteroatoms. The lowest BCUT2D eigenvalue weighted by atomic mass is 10.1. The number of carbonyl (C=O) groups excluding carboxylic acids is 1. The molecule has 0 radical (unpaired) electrons. The van der Waals surface area contributed by atoms with Gasteiger partial charge in [0.25, 0.3) is 0 Å². The first-order valence-corrected chi connectivity index (χ1v) is 6.94. The molecule has 1 aromatic carbocycles. The highest BCUT2D eigenvalue weighted by Gasteiger charge is 2.28. The Morgan fingerprint density at radius 1 is 1.30 bits per heavy atom. The van der Waals surface area contributed by atoms with Crippen LogP contribution < -0.4 is 5.48 Å². The Hall–Kier alpha value is -1.21. The highest BCUT2D eigenvalue weighted by molar-refractivity contribution is 7.99. The van der Waals surface area contributed by atoms with E-state index in [-0.39, 0.29) is 6.42 Å². The maximum atomic E-state index is 11.8. The van der Waals surface area contributed by atoms with E-state index in [1.807, 2.05) is 32.0 Å². The summed E-state index contributed by atoms with van der Waals surface area (Å²) in [6, 6.07) is 5.95. The van der Waals surface area contributed by atoms with Gasteiger partial charge in [0.2, 0.25) is 5.91 Å². The minimum absolute atomic E-state index is 0.0927. The van der Waals surface area contributed by atoms with E-state index in [2.05, 4.69) is 4.84 Å². The molecule has 0 saturated heterocycles. The summed E-state index contributed by atoms with van der Waals surface area (Å²) in [6.07, 6.45) is -4.35. The number of hydrogen-bond donors (Lipinski definition) is 1. The number of rotatable bonds is 6. The molecular weight excluding hydrogens is 291 g/mol.